The molecule has 5 nitrogen and oxygen atoms in total. The maximum absolute atomic E-state index is 13.1. The maximum Gasteiger partial charge on any atom is 0.263 e. The van der Waals surface area contributed by atoms with Crippen LogP contribution in [0.5, 0.6) is 0 Å². The summed E-state index contributed by atoms with van der Waals surface area (Å²) in [5.41, 5.74) is 1.68. The molecule has 0 atom stereocenters. The van der Waals surface area contributed by atoms with Gasteiger partial charge in [0.2, 0.25) is 5.91 Å². The SMILES string of the molecule is CC1CCN(C(=O)Cn2cnc3scc(-c4ccc(Br)cc4)c3c2=O)CC1. The second kappa shape index (κ2) is 7.56. The molecule has 1 aliphatic rings. The van der Waals surface area contributed by atoms with E-state index in [0.29, 0.717) is 16.1 Å². The van der Waals surface area contributed by atoms with Crippen LogP contribution in [0.3, 0.4) is 0 Å². The van der Waals surface area contributed by atoms with Gasteiger partial charge in [-0.3, -0.25) is 14.2 Å². The minimum Gasteiger partial charge on any atom is -0.341 e. The second-order valence-electron chi connectivity index (χ2n) is 7.08. The molecular formula is C20H20BrN3O2S. The van der Waals surface area contributed by atoms with Crippen molar-refractivity contribution in [3.63, 3.8) is 0 Å². The summed E-state index contributed by atoms with van der Waals surface area (Å²) < 4.78 is 2.43. The molecule has 0 saturated carbocycles. The Labute approximate surface area is 169 Å². The molecule has 27 heavy (non-hydrogen) atoms. The summed E-state index contributed by atoms with van der Waals surface area (Å²) >= 11 is 4.89. The van der Waals surface area contributed by atoms with E-state index in [1.165, 1.54) is 22.2 Å². The molecule has 0 aliphatic carbocycles. The molecule has 3 heterocycles. The van der Waals surface area contributed by atoms with Crippen molar-refractivity contribution in [2.24, 2.45) is 5.92 Å². The van der Waals surface area contributed by atoms with Gasteiger partial charge >= 0.3 is 0 Å². The van der Waals surface area contributed by atoms with Crippen molar-refractivity contribution in [3.8, 4) is 11.1 Å². The van der Waals surface area contributed by atoms with Crippen molar-refractivity contribution in [1.29, 1.82) is 0 Å². The lowest BCUT2D eigenvalue weighted by Crippen LogP contribution is -2.41. The van der Waals surface area contributed by atoms with Crippen LogP contribution in [0.15, 0.2) is 45.2 Å². The van der Waals surface area contributed by atoms with Crippen molar-refractivity contribution < 1.29 is 4.79 Å². The third-order valence-electron chi connectivity index (χ3n) is 5.16. The molecule has 0 unspecified atom stereocenters. The Morgan fingerprint density at radius 2 is 1.96 bits per heavy atom. The molecule has 1 saturated heterocycles. The summed E-state index contributed by atoms with van der Waals surface area (Å²) in [6.07, 6.45) is 3.54. The lowest BCUT2D eigenvalue weighted by molar-refractivity contribution is -0.133. The molecule has 3 aromatic rings. The fraction of sp³-hybridized carbons (Fsp3) is 0.350. The third-order valence-corrected chi connectivity index (χ3v) is 6.57. The van der Waals surface area contributed by atoms with Gasteiger partial charge in [0.05, 0.1) is 11.7 Å². The molecular weight excluding hydrogens is 426 g/mol. The van der Waals surface area contributed by atoms with Gasteiger partial charge in [0.1, 0.15) is 11.4 Å². The number of benzene rings is 1. The number of fused-ring (bicyclic) bond motifs is 1. The number of hydrogen-bond donors (Lipinski definition) is 0. The molecule has 1 amide bonds. The number of carbonyl (C=O) groups excluding carboxylic acids is 1. The Morgan fingerprint density at radius 3 is 2.67 bits per heavy atom. The van der Waals surface area contributed by atoms with Crippen molar-refractivity contribution in [2.75, 3.05) is 13.1 Å². The van der Waals surface area contributed by atoms with Gasteiger partial charge in [0.15, 0.2) is 0 Å². The van der Waals surface area contributed by atoms with Crippen LogP contribution in [0.1, 0.15) is 19.8 Å². The summed E-state index contributed by atoms with van der Waals surface area (Å²) in [6.45, 7) is 3.80. The van der Waals surface area contributed by atoms with E-state index in [-0.39, 0.29) is 18.0 Å². The molecule has 1 fully saturated rings. The highest BCUT2D eigenvalue weighted by molar-refractivity contribution is 9.10. The Hall–Kier alpha value is -1.99. The maximum atomic E-state index is 13.1. The lowest BCUT2D eigenvalue weighted by Gasteiger charge is -2.30. The van der Waals surface area contributed by atoms with Crippen molar-refractivity contribution >= 4 is 43.4 Å². The molecule has 4 rings (SSSR count). The average molecular weight is 446 g/mol. The fourth-order valence-corrected chi connectivity index (χ4v) is 4.60. The summed E-state index contributed by atoms with van der Waals surface area (Å²) in [7, 11) is 0. The van der Waals surface area contributed by atoms with Crippen LogP contribution in [0, 0.1) is 5.92 Å². The van der Waals surface area contributed by atoms with Crippen LogP contribution < -0.4 is 5.56 Å². The smallest absolute Gasteiger partial charge is 0.263 e. The van der Waals surface area contributed by atoms with E-state index in [4.69, 9.17) is 0 Å². The van der Waals surface area contributed by atoms with E-state index in [9.17, 15) is 9.59 Å². The predicted octanol–water partition coefficient (Wildman–Crippen LogP) is 4.15. The van der Waals surface area contributed by atoms with Gasteiger partial charge < -0.3 is 4.90 Å². The number of rotatable bonds is 3. The number of hydrogen-bond acceptors (Lipinski definition) is 4. The summed E-state index contributed by atoms with van der Waals surface area (Å²) in [5.74, 6) is 0.652. The first kappa shape index (κ1) is 18.4. The Balaban J connectivity index is 1.65. The molecule has 0 bridgehead atoms. The molecule has 0 radical (unpaired) electrons. The summed E-state index contributed by atoms with van der Waals surface area (Å²) in [5, 5.41) is 2.55. The summed E-state index contributed by atoms with van der Waals surface area (Å²) in [4.78, 5) is 32.7. The van der Waals surface area contributed by atoms with E-state index < -0.39 is 0 Å². The van der Waals surface area contributed by atoms with Gasteiger partial charge in [-0.25, -0.2) is 4.98 Å². The highest BCUT2D eigenvalue weighted by Gasteiger charge is 2.21. The van der Waals surface area contributed by atoms with Crippen LogP contribution in [-0.4, -0.2) is 33.4 Å². The number of likely N-dealkylation sites (tertiary alicyclic amines) is 1. The van der Waals surface area contributed by atoms with Gasteiger partial charge in [-0.1, -0.05) is 35.0 Å². The molecule has 2 aromatic heterocycles. The Morgan fingerprint density at radius 1 is 1.26 bits per heavy atom. The molecule has 0 spiro atoms. The number of amides is 1. The average Bonchev–Trinajstić information content (AvgIpc) is 3.10. The van der Waals surface area contributed by atoms with Crippen molar-refractivity contribution in [1.82, 2.24) is 14.5 Å². The van der Waals surface area contributed by atoms with Gasteiger partial charge in [0, 0.05) is 28.5 Å². The van der Waals surface area contributed by atoms with Crippen LogP contribution in [0.25, 0.3) is 21.3 Å². The zero-order valence-electron chi connectivity index (χ0n) is 15.0. The fourth-order valence-electron chi connectivity index (χ4n) is 3.43. The van der Waals surface area contributed by atoms with E-state index in [0.717, 1.165) is 41.5 Å². The van der Waals surface area contributed by atoms with Gasteiger partial charge in [-0.2, -0.15) is 0 Å². The first-order valence-corrected chi connectivity index (χ1v) is 10.7. The first-order valence-electron chi connectivity index (χ1n) is 9.03. The summed E-state index contributed by atoms with van der Waals surface area (Å²) in [6, 6.07) is 7.86. The van der Waals surface area contributed by atoms with Gasteiger partial charge in [0.25, 0.3) is 5.56 Å². The molecule has 1 aliphatic heterocycles. The van der Waals surface area contributed by atoms with E-state index in [2.05, 4.69) is 27.8 Å². The predicted molar refractivity (Wildman–Crippen MR) is 112 cm³/mol. The zero-order chi connectivity index (χ0) is 19.0. The topological polar surface area (TPSA) is 55.2 Å². The zero-order valence-corrected chi connectivity index (χ0v) is 17.4. The molecule has 140 valence electrons. The molecule has 0 N–H and O–H groups in total. The second-order valence-corrected chi connectivity index (χ2v) is 8.85. The van der Waals surface area contributed by atoms with E-state index in [1.54, 1.807) is 0 Å². The highest BCUT2D eigenvalue weighted by Crippen LogP contribution is 2.31. The lowest BCUT2D eigenvalue weighted by atomic mass is 9.99. The largest absolute Gasteiger partial charge is 0.341 e. The van der Waals surface area contributed by atoms with Crippen molar-refractivity contribution in [2.45, 2.75) is 26.3 Å². The number of thiophene rings is 1. The number of aromatic nitrogens is 2. The monoisotopic (exact) mass is 445 g/mol. The number of carbonyl (C=O) groups is 1. The first-order chi connectivity index (χ1) is 13.0. The van der Waals surface area contributed by atoms with Gasteiger partial charge in [-0.15, -0.1) is 11.3 Å². The molecule has 1 aromatic carbocycles. The van der Waals surface area contributed by atoms with E-state index in [1.807, 2.05) is 34.5 Å². The van der Waals surface area contributed by atoms with Crippen LogP contribution >= 0.6 is 27.3 Å². The minimum absolute atomic E-state index is 0.00873. The standard InChI is InChI=1S/C20H20BrN3O2S/c1-13-6-8-23(9-7-13)17(25)10-24-12-22-19-18(20(24)26)16(11-27-19)14-2-4-15(21)5-3-14/h2-5,11-13H,6-10H2,1H3. The van der Waals surface area contributed by atoms with Crippen LogP contribution in [0.2, 0.25) is 0 Å². The van der Waals surface area contributed by atoms with Crippen LogP contribution in [0.4, 0.5) is 0 Å². The Kier molecular flexibility index (Phi) is 5.14. The third kappa shape index (κ3) is 3.71. The minimum atomic E-state index is -0.155. The van der Waals surface area contributed by atoms with Gasteiger partial charge in [-0.05, 0) is 36.5 Å². The Bertz CT molecular complexity index is 1030. The quantitative estimate of drug-likeness (QED) is 0.608. The van der Waals surface area contributed by atoms with Crippen molar-refractivity contribution in [3.05, 3.63) is 50.8 Å². The van der Waals surface area contributed by atoms with Crippen LogP contribution in [-0.2, 0) is 11.3 Å². The number of nitrogens with zero attached hydrogens (tertiary/aromatic N) is 3. The normalized spacial score (nSPS) is 15.4. The highest BCUT2D eigenvalue weighted by atomic mass is 79.9. The molecule has 7 heteroatoms. The number of piperidine rings is 1. The number of halogens is 1. The van der Waals surface area contributed by atoms with E-state index >= 15 is 0 Å².